The first kappa shape index (κ1) is 26.1. The number of hydrogen-bond acceptors (Lipinski definition) is 3. The summed E-state index contributed by atoms with van der Waals surface area (Å²) >= 11 is 11.4. The van der Waals surface area contributed by atoms with Crippen LogP contribution in [0.25, 0.3) is 0 Å². The highest BCUT2D eigenvalue weighted by Crippen LogP contribution is 2.29. The Labute approximate surface area is 189 Å². The second-order valence-electron chi connectivity index (χ2n) is 7.08. The second-order valence-corrected chi connectivity index (χ2v) is 7.90. The lowest BCUT2D eigenvalue weighted by Crippen LogP contribution is -2.17. The molecular weight excluding hydrogens is 424 g/mol. The van der Waals surface area contributed by atoms with Gasteiger partial charge in [0, 0.05) is 24.2 Å². The van der Waals surface area contributed by atoms with E-state index in [2.05, 4.69) is 4.90 Å². The number of carbonyl (C=O) groups is 2. The van der Waals surface area contributed by atoms with Crippen LogP contribution in [0, 0.1) is 5.82 Å². The van der Waals surface area contributed by atoms with Crippen molar-refractivity contribution in [1.82, 2.24) is 0 Å². The predicted octanol–water partition coefficient (Wildman–Crippen LogP) is 7.63. The second kappa shape index (κ2) is 14.2. The normalized spacial score (nSPS) is 14.6. The fourth-order valence-corrected chi connectivity index (χ4v) is 3.78. The van der Waals surface area contributed by atoms with Crippen molar-refractivity contribution < 1.29 is 14.0 Å². The lowest BCUT2D eigenvalue weighted by Gasteiger charge is -2.18. The van der Waals surface area contributed by atoms with Crippen LogP contribution >= 0.6 is 23.2 Å². The van der Waals surface area contributed by atoms with E-state index in [1.807, 2.05) is 12.1 Å². The van der Waals surface area contributed by atoms with Crippen molar-refractivity contribution in [3.8, 4) is 0 Å². The van der Waals surface area contributed by atoms with Crippen LogP contribution in [0.1, 0.15) is 73.1 Å². The molecule has 1 saturated heterocycles. The molecule has 0 atom stereocenters. The summed E-state index contributed by atoms with van der Waals surface area (Å²) in [6.45, 7) is 2.14. The van der Waals surface area contributed by atoms with Crippen LogP contribution in [0.15, 0.2) is 36.4 Å². The van der Waals surface area contributed by atoms with Crippen molar-refractivity contribution in [3.63, 3.8) is 0 Å². The molecule has 1 aliphatic heterocycles. The Bertz CT molecular complexity index is 796. The molecule has 2 aliphatic rings. The van der Waals surface area contributed by atoms with Crippen LogP contribution in [0.5, 0.6) is 0 Å². The summed E-state index contributed by atoms with van der Waals surface area (Å²) in [7, 11) is 0. The SMILES string of the molecule is C.C1CCCC1.O=Cc1ccc(F)c(Cl)c1.O=Cc1ccc(N2CCCC2)c(Cl)c1. The van der Waals surface area contributed by atoms with Crippen LogP contribution in [-0.2, 0) is 0 Å². The zero-order valence-corrected chi connectivity index (χ0v) is 17.9. The predicted molar refractivity (Wildman–Crippen MR) is 125 cm³/mol. The Morgan fingerprint density at radius 3 is 1.63 bits per heavy atom. The summed E-state index contributed by atoms with van der Waals surface area (Å²) in [5.74, 6) is -0.507. The largest absolute Gasteiger partial charge is 0.370 e. The minimum atomic E-state index is -0.507. The maximum atomic E-state index is 12.4. The summed E-state index contributed by atoms with van der Waals surface area (Å²) in [6.07, 6.45) is 11.4. The molecule has 1 saturated carbocycles. The number of nitrogens with zero attached hydrogens (tertiary/aromatic N) is 1. The molecule has 3 nitrogen and oxygen atoms in total. The zero-order chi connectivity index (χ0) is 21.1. The molecule has 0 N–H and O–H groups in total. The summed E-state index contributed by atoms with van der Waals surface area (Å²) < 4.78 is 12.4. The van der Waals surface area contributed by atoms with E-state index in [0.29, 0.717) is 22.4 Å². The third kappa shape index (κ3) is 8.45. The molecule has 0 radical (unpaired) electrons. The van der Waals surface area contributed by atoms with Gasteiger partial charge >= 0.3 is 0 Å². The fourth-order valence-electron chi connectivity index (χ4n) is 3.28. The number of anilines is 1. The minimum absolute atomic E-state index is 0. The van der Waals surface area contributed by atoms with Gasteiger partial charge in [0.25, 0.3) is 0 Å². The lowest BCUT2D eigenvalue weighted by molar-refractivity contribution is 0.111. The third-order valence-electron chi connectivity index (χ3n) is 4.88. The Kier molecular flexibility index (Phi) is 12.3. The van der Waals surface area contributed by atoms with E-state index in [4.69, 9.17) is 23.2 Å². The summed E-state index contributed by atoms with van der Waals surface area (Å²) in [6, 6.07) is 9.27. The van der Waals surface area contributed by atoms with Crippen molar-refractivity contribution in [2.75, 3.05) is 18.0 Å². The third-order valence-corrected chi connectivity index (χ3v) is 5.48. The van der Waals surface area contributed by atoms with Gasteiger partial charge in [-0.3, -0.25) is 9.59 Å². The van der Waals surface area contributed by atoms with E-state index in [0.717, 1.165) is 31.1 Å². The van der Waals surface area contributed by atoms with Gasteiger partial charge in [-0.05, 0) is 49.2 Å². The van der Waals surface area contributed by atoms with E-state index < -0.39 is 5.82 Å². The monoisotopic (exact) mass is 453 g/mol. The molecule has 2 fully saturated rings. The smallest absolute Gasteiger partial charge is 0.150 e. The summed E-state index contributed by atoms with van der Waals surface area (Å²) in [5.41, 5.74) is 2.07. The summed E-state index contributed by atoms with van der Waals surface area (Å²) in [4.78, 5) is 22.9. The van der Waals surface area contributed by atoms with Crippen molar-refractivity contribution in [1.29, 1.82) is 0 Å². The first-order valence-corrected chi connectivity index (χ1v) is 10.7. The molecule has 6 heteroatoms. The van der Waals surface area contributed by atoms with Crippen molar-refractivity contribution >= 4 is 41.5 Å². The first-order valence-electron chi connectivity index (χ1n) is 9.95. The van der Waals surface area contributed by atoms with E-state index in [9.17, 15) is 14.0 Å². The molecule has 0 bridgehead atoms. The number of rotatable bonds is 3. The Morgan fingerprint density at radius 1 is 0.733 bits per heavy atom. The maximum absolute atomic E-state index is 12.4. The molecule has 1 heterocycles. The van der Waals surface area contributed by atoms with E-state index >= 15 is 0 Å². The molecule has 164 valence electrons. The number of benzene rings is 2. The first-order chi connectivity index (χ1) is 14.0. The average Bonchev–Trinajstić information content (AvgIpc) is 3.47. The average molecular weight is 454 g/mol. The molecule has 30 heavy (non-hydrogen) atoms. The van der Waals surface area contributed by atoms with Crippen LogP contribution in [0.3, 0.4) is 0 Å². The highest BCUT2D eigenvalue weighted by Gasteiger charge is 2.14. The van der Waals surface area contributed by atoms with Crippen molar-refractivity contribution in [2.24, 2.45) is 0 Å². The van der Waals surface area contributed by atoms with Gasteiger partial charge in [-0.15, -0.1) is 0 Å². The van der Waals surface area contributed by atoms with Crippen molar-refractivity contribution in [2.45, 2.75) is 52.4 Å². The summed E-state index contributed by atoms with van der Waals surface area (Å²) in [5, 5.41) is 0.654. The molecule has 2 aromatic rings. The molecule has 2 aromatic carbocycles. The van der Waals surface area contributed by atoms with E-state index in [-0.39, 0.29) is 12.4 Å². The van der Waals surface area contributed by atoms with Gasteiger partial charge in [-0.2, -0.15) is 0 Å². The number of carbonyl (C=O) groups excluding carboxylic acids is 2. The van der Waals surface area contributed by atoms with E-state index in [1.165, 1.54) is 57.1 Å². The fraction of sp³-hybridized carbons (Fsp3) is 0.417. The number of hydrogen-bond donors (Lipinski definition) is 0. The molecule has 0 spiro atoms. The van der Waals surface area contributed by atoms with Crippen molar-refractivity contribution in [3.05, 3.63) is 63.4 Å². The van der Waals surface area contributed by atoms with Gasteiger partial charge in [0.2, 0.25) is 0 Å². The van der Waals surface area contributed by atoms with Crippen LogP contribution in [0.4, 0.5) is 10.1 Å². The molecule has 4 rings (SSSR count). The molecule has 0 unspecified atom stereocenters. The zero-order valence-electron chi connectivity index (χ0n) is 16.4. The maximum Gasteiger partial charge on any atom is 0.150 e. The van der Waals surface area contributed by atoms with Crippen LogP contribution in [-0.4, -0.2) is 25.7 Å². The molecule has 0 aromatic heterocycles. The Hall–Kier alpha value is -1.91. The topological polar surface area (TPSA) is 37.4 Å². The van der Waals surface area contributed by atoms with Crippen LogP contribution < -0.4 is 4.90 Å². The van der Waals surface area contributed by atoms with Gasteiger partial charge < -0.3 is 4.90 Å². The number of aldehydes is 2. The van der Waals surface area contributed by atoms with Gasteiger partial charge in [-0.1, -0.05) is 62.7 Å². The number of halogens is 3. The van der Waals surface area contributed by atoms with Gasteiger partial charge in [0.15, 0.2) is 0 Å². The van der Waals surface area contributed by atoms with Gasteiger partial charge in [-0.25, -0.2) is 4.39 Å². The highest BCUT2D eigenvalue weighted by atomic mass is 35.5. The Morgan fingerprint density at radius 2 is 1.20 bits per heavy atom. The van der Waals surface area contributed by atoms with E-state index in [1.54, 1.807) is 6.07 Å². The Balaban J connectivity index is 0.000000246. The standard InChI is InChI=1S/C11H12ClNO.C7H4ClFO.C5H10.CH4/c12-10-7-9(8-14)3-4-11(10)13-5-1-2-6-13;8-6-3-5(4-10)1-2-7(6)9;1-2-4-5-3-1;/h3-4,7-8H,1-2,5-6H2;1-4H;1-5H2;1H4. The van der Waals surface area contributed by atoms with Gasteiger partial charge in [0.1, 0.15) is 18.4 Å². The minimum Gasteiger partial charge on any atom is -0.370 e. The quantitative estimate of drug-likeness (QED) is 0.448. The highest BCUT2D eigenvalue weighted by molar-refractivity contribution is 6.33. The molecule has 0 amide bonds. The lowest BCUT2D eigenvalue weighted by atomic mass is 10.2. The van der Waals surface area contributed by atoms with Crippen LogP contribution in [0.2, 0.25) is 10.0 Å². The molecule has 1 aliphatic carbocycles. The molecular formula is C24H30Cl2FNO2. The van der Waals surface area contributed by atoms with Gasteiger partial charge in [0.05, 0.1) is 15.7 Å².